The maximum atomic E-state index is 3.49. The fourth-order valence-electron chi connectivity index (χ4n) is 2.76. The van der Waals surface area contributed by atoms with E-state index in [-0.39, 0.29) is 0 Å². The van der Waals surface area contributed by atoms with Gasteiger partial charge in [0, 0.05) is 33.2 Å². The summed E-state index contributed by atoms with van der Waals surface area (Å²) in [5, 5.41) is 3.49. The van der Waals surface area contributed by atoms with Gasteiger partial charge in [-0.1, -0.05) is 6.07 Å². The fourth-order valence-corrected chi connectivity index (χ4v) is 2.76. The van der Waals surface area contributed by atoms with Gasteiger partial charge in [0.05, 0.1) is 17.1 Å². The highest BCUT2D eigenvalue weighted by Gasteiger charge is 2.22. The summed E-state index contributed by atoms with van der Waals surface area (Å²) < 4.78 is 0. The third kappa shape index (κ3) is 1.51. The second kappa shape index (κ2) is 3.89. The van der Waals surface area contributed by atoms with Crippen molar-refractivity contribution in [2.75, 3.05) is 48.3 Å². The predicted octanol–water partition coefficient (Wildman–Crippen LogP) is 2.15. The van der Waals surface area contributed by atoms with Crippen molar-refractivity contribution in [2.24, 2.45) is 0 Å². The van der Waals surface area contributed by atoms with Gasteiger partial charge in [0.15, 0.2) is 0 Å². The summed E-state index contributed by atoms with van der Waals surface area (Å²) in [6.07, 6.45) is 2.67. The van der Waals surface area contributed by atoms with Crippen molar-refractivity contribution in [3.05, 3.63) is 18.2 Å². The zero-order valence-electron chi connectivity index (χ0n) is 9.87. The highest BCUT2D eigenvalue weighted by atomic mass is 15.2. The first kappa shape index (κ1) is 9.82. The number of nitrogens with zero attached hydrogens (tertiary/aromatic N) is 2. The van der Waals surface area contributed by atoms with Crippen LogP contribution in [0.1, 0.15) is 12.8 Å². The molecule has 0 radical (unpaired) electrons. The molecule has 1 aromatic carbocycles. The van der Waals surface area contributed by atoms with Crippen LogP contribution in [0.4, 0.5) is 17.1 Å². The number of rotatable bonds is 1. The molecule has 1 fully saturated rings. The third-order valence-corrected chi connectivity index (χ3v) is 3.61. The van der Waals surface area contributed by atoms with Crippen LogP contribution in [0.25, 0.3) is 0 Å². The molecule has 0 aromatic heterocycles. The van der Waals surface area contributed by atoms with E-state index in [9.17, 15) is 0 Å². The van der Waals surface area contributed by atoms with Crippen LogP contribution in [0.5, 0.6) is 0 Å². The average molecular weight is 217 g/mol. The van der Waals surface area contributed by atoms with Crippen LogP contribution in [0.15, 0.2) is 18.2 Å². The molecule has 1 aromatic rings. The molecule has 3 nitrogen and oxygen atoms in total. The minimum Gasteiger partial charge on any atom is -0.382 e. The van der Waals surface area contributed by atoms with Crippen molar-refractivity contribution in [2.45, 2.75) is 12.8 Å². The molecule has 0 amide bonds. The Morgan fingerprint density at radius 2 is 1.94 bits per heavy atom. The monoisotopic (exact) mass is 217 g/mol. The van der Waals surface area contributed by atoms with E-state index in [1.807, 2.05) is 0 Å². The average Bonchev–Trinajstić information content (AvgIpc) is 2.82. The lowest BCUT2D eigenvalue weighted by Crippen LogP contribution is -2.32. The van der Waals surface area contributed by atoms with E-state index in [4.69, 9.17) is 0 Å². The van der Waals surface area contributed by atoms with Crippen LogP contribution in [-0.4, -0.2) is 33.2 Å². The fraction of sp³-hybridized carbons (Fsp3) is 0.538. The van der Waals surface area contributed by atoms with Crippen LogP contribution < -0.4 is 15.1 Å². The number of nitrogens with one attached hydrogen (secondary N) is 1. The van der Waals surface area contributed by atoms with E-state index in [1.165, 1.54) is 43.0 Å². The summed E-state index contributed by atoms with van der Waals surface area (Å²) >= 11 is 0. The number of para-hydroxylation sites is 1. The smallest absolute Gasteiger partial charge is 0.0837 e. The zero-order valence-corrected chi connectivity index (χ0v) is 9.87. The quantitative estimate of drug-likeness (QED) is 0.777. The highest BCUT2D eigenvalue weighted by Crippen LogP contribution is 2.38. The van der Waals surface area contributed by atoms with E-state index in [0.717, 1.165) is 13.1 Å². The van der Waals surface area contributed by atoms with E-state index < -0.39 is 0 Å². The first-order valence-electron chi connectivity index (χ1n) is 6.19. The van der Waals surface area contributed by atoms with Gasteiger partial charge in [0.2, 0.25) is 0 Å². The Balaban J connectivity index is 2.03. The maximum absolute atomic E-state index is 3.49. The second-order valence-corrected chi connectivity index (χ2v) is 4.72. The Hall–Kier alpha value is -1.38. The van der Waals surface area contributed by atoms with Crippen molar-refractivity contribution in [1.29, 1.82) is 0 Å². The van der Waals surface area contributed by atoms with Crippen molar-refractivity contribution in [1.82, 2.24) is 0 Å². The predicted molar refractivity (Wildman–Crippen MR) is 69.6 cm³/mol. The van der Waals surface area contributed by atoms with Crippen molar-refractivity contribution in [3.8, 4) is 0 Å². The van der Waals surface area contributed by atoms with Crippen molar-refractivity contribution >= 4 is 17.1 Å². The molecule has 0 atom stereocenters. The van der Waals surface area contributed by atoms with E-state index >= 15 is 0 Å². The lowest BCUT2D eigenvalue weighted by molar-refractivity contribution is 0.873. The molecule has 0 unspecified atom stereocenters. The minimum atomic E-state index is 1.05. The van der Waals surface area contributed by atoms with Gasteiger partial charge in [0.1, 0.15) is 0 Å². The lowest BCUT2D eigenvalue weighted by atomic mass is 10.1. The molecule has 1 N–H and O–H groups in total. The Labute approximate surface area is 97.0 Å². The maximum Gasteiger partial charge on any atom is 0.0837 e. The summed E-state index contributed by atoms with van der Waals surface area (Å²) in [6.45, 7) is 4.57. The molecule has 0 aliphatic carbocycles. The summed E-state index contributed by atoms with van der Waals surface area (Å²) in [4.78, 5) is 4.89. The van der Waals surface area contributed by atoms with E-state index in [1.54, 1.807) is 0 Å². The van der Waals surface area contributed by atoms with Gasteiger partial charge in [-0.15, -0.1) is 0 Å². The molecule has 86 valence electrons. The Bertz CT molecular complexity index is 383. The van der Waals surface area contributed by atoms with Crippen LogP contribution in [-0.2, 0) is 0 Å². The SMILES string of the molecule is CN1CCNc2cccc(N3CCCC3)c21. The number of likely N-dealkylation sites (N-methyl/N-ethyl adjacent to an activating group) is 1. The van der Waals surface area contributed by atoms with Crippen molar-refractivity contribution < 1.29 is 0 Å². The van der Waals surface area contributed by atoms with E-state index in [2.05, 4.69) is 40.4 Å². The first-order valence-corrected chi connectivity index (χ1v) is 6.19. The summed E-state index contributed by atoms with van der Waals surface area (Å²) in [7, 11) is 2.19. The minimum absolute atomic E-state index is 1.05. The summed E-state index contributed by atoms with van der Waals surface area (Å²) in [6, 6.07) is 6.61. The van der Waals surface area contributed by atoms with Crippen molar-refractivity contribution in [3.63, 3.8) is 0 Å². The van der Waals surface area contributed by atoms with Gasteiger partial charge in [-0.05, 0) is 25.0 Å². The van der Waals surface area contributed by atoms with Gasteiger partial charge in [0.25, 0.3) is 0 Å². The number of hydrogen-bond donors (Lipinski definition) is 1. The third-order valence-electron chi connectivity index (χ3n) is 3.61. The number of anilines is 3. The topological polar surface area (TPSA) is 18.5 Å². The second-order valence-electron chi connectivity index (χ2n) is 4.72. The van der Waals surface area contributed by atoms with Crippen LogP contribution in [0.2, 0.25) is 0 Å². The van der Waals surface area contributed by atoms with Crippen LogP contribution in [0, 0.1) is 0 Å². The molecule has 3 heteroatoms. The standard InChI is InChI=1S/C13H19N3/c1-15-10-7-14-11-5-4-6-12(13(11)15)16-8-2-3-9-16/h4-6,14H,2-3,7-10H2,1H3. The van der Waals surface area contributed by atoms with Crippen LogP contribution >= 0.6 is 0 Å². The molecule has 0 bridgehead atoms. The molecule has 0 saturated carbocycles. The molecule has 16 heavy (non-hydrogen) atoms. The first-order chi connectivity index (χ1) is 7.86. The molecular formula is C13H19N3. The molecular weight excluding hydrogens is 198 g/mol. The highest BCUT2D eigenvalue weighted by molar-refractivity contribution is 5.85. The molecule has 3 rings (SSSR count). The van der Waals surface area contributed by atoms with Gasteiger partial charge in [-0.2, -0.15) is 0 Å². The Morgan fingerprint density at radius 1 is 1.12 bits per heavy atom. The van der Waals surface area contributed by atoms with Gasteiger partial charge in [-0.3, -0.25) is 0 Å². The normalized spacial score (nSPS) is 19.6. The number of hydrogen-bond acceptors (Lipinski definition) is 3. The van der Waals surface area contributed by atoms with Gasteiger partial charge < -0.3 is 15.1 Å². The zero-order chi connectivity index (χ0) is 11.0. The lowest BCUT2D eigenvalue weighted by Gasteiger charge is -2.33. The van der Waals surface area contributed by atoms with Gasteiger partial charge in [-0.25, -0.2) is 0 Å². The summed E-state index contributed by atoms with van der Waals surface area (Å²) in [5.74, 6) is 0. The molecule has 2 aliphatic rings. The molecule has 0 spiro atoms. The number of benzene rings is 1. The molecule has 2 heterocycles. The van der Waals surface area contributed by atoms with Gasteiger partial charge >= 0.3 is 0 Å². The summed E-state index contributed by atoms with van der Waals surface area (Å²) in [5.41, 5.74) is 4.08. The van der Waals surface area contributed by atoms with E-state index in [0.29, 0.717) is 0 Å². The Morgan fingerprint density at radius 3 is 2.75 bits per heavy atom. The largest absolute Gasteiger partial charge is 0.382 e. The molecule has 1 saturated heterocycles. The molecule has 2 aliphatic heterocycles. The van der Waals surface area contributed by atoms with Crippen LogP contribution in [0.3, 0.4) is 0 Å². The Kier molecular flexibility index (Phi) is 2.39. The number of fused-ring (bicyclic) bond motifs is 1.